The number of esters is 1. The number of carbonyl (C=O) groups excluding carboxylic acids is 6. The molecule has 4 N–H and O–H groups in total. The number of piperidine rings is 1. The Morgan fingerprint density at radius 3 is 2.32 bits per heavy atom. The molecule has 422 valence electrons. The minimum atomic E-state index is -2.39. The van der Waals surface area contributed by atoms with Gasteiger partial charge in [0.15, 0.2) is 5.78 Å². The summed E-state index contributed by atoms with van der Waals surface area (Å²) < 4.78 is 35.3. The molecule has 0 aromatic carbocycles. The fourth-order valence-corrected chi connectivity index (χ4v) is 12.1. The first kappa shape index (κ1) is 61.7. The summed E-state index contributed by atoms with van der Waals surface area (Å²) in [6.45, 7) is 15.0. The van der Waals surface area contributed by atoms with E-state index in [0.717, 1.165) is 25.8 Å². The fraction of sp³-hybridized carbons (Fsp3) is 0.754. The second-order valence-electron chi connectivity index (χ2n) is 22.0. The molecule has 4 saturated heterocycles. The molecular formula is C57H89N3O15. The van der Waals surface area contributed by atoms with Gasteiger partial charge in [0.2, 0.25) is 5.79 Å². The highest BCUT2D eigenvalue weighted by Crippen LogP contribution is 2.45. The summed E-state index contributed by atoms with van der Waals surface area (Å²) in [5.74, 6) is -8.49. The Morgan fingerprint density at radius 2 is 1.61 bits per heavy atom. The number of Topliss-reactive ketones (excluding diaryl/α,β-unsaturated/α-hetero) is 3. The lowest BCUT2D eigenvalue weighted by atomic mass is 9.68. The molecule has 0 aromatic rings. The summed E-state index contributed by atoms with van der Waals surface area (Å²) in [6.07, 6.45) is 11.8. The Kier molecular flexibility index (Phi) is 24.3. The largest absolute Gasteiger partial charge is 0.460 e. The number of nitrogens with zero attached hydrogens (tertiary/aromatic N) is 2. The van der Waals surface area contributed by atoms with Crippen LogP contribution in [0.5, 0.6) is 0 Å². The van der Waals surface area contributed by atoms with E-state index in [4.69, 9.17) is 33.5 Å². The van der Waals surface area contributed by atoms with Gasteiger partial charge in [-0.2, -0.15) is 0 Å². The van der Waals surface area contributed by atoms with E-state index in [2.05, 4.69) is 10.2 Å². The third kappa shape index (κ3) is 16.4. The number of carbonyl (C=O) groups is 6. The number of allylic oxidation sites excluding steroid dienone is 7. The molecule has 1 saturated carbocycles. The first-order valence-corrected chi connectivity index (χ1v) is 27.5. The van der Waals surface area contributed by atoms with Crippen LogP contribution in [-0.4, -0.2) is 176 Å². The Bertz CT molecular complexity index is 2050. The Morgan fingerprint density at radius 1 is 0.880 bits per heavy atom. The van der Waals surface area contributed by atoms with Crippen LogP contribution in [0.4, 0.5) is 4.79 Å². The van der Waals surface area contributed by atoms with Gasteiger partial charge in [-0.05, 0) is 108 Å². The minimum absolute atomic E-state index is 0.0106. The van der Waals surface area contributed by atoms with Crippen molar-refractivity contribution < 1.29 is 72.5 Å². The number of nitrogens with one attached hydrogen (secondary N) is 1. The van der Waals surface area contributed by atoms with Gasteiger partial charge < -0.3 is 54.0 Å². The van der Waals surface area contributed by atoms with Gasteiger partial charge in [0.1, 0.15) is 36.2 Å². The van der Waals surface area contributed by atoms with Crippen LogP contribution in [0.3, 0.4) is 0 Å². The van der Waals surface area contributed by atoms with Crippen molar-refractivity contribution in [3.05, 3.63) is 47.6 Å². The second kappa shape index (κ2) is 29.6. The predicted molar refractivity (Wildman–Crippen MR) is 280 cm³/mol. The van der Waals surface area contributed by atoms with E-state index in [0.29, 0.717) is 103 Å². The van der Waals surface area contributed by atoms with Crippen molar-refractivity contribution in [2.24, 2.45) is 41.4 Å². The van der Waals surface area contributed by atoms with E-state index in [1.165, 1.54) is 12.0 Å². The lowest BCUT2D eigenvalue weighted by Crippen LogP contribution is -2.65. The quantitative estimate of drug-likeness (QED) is 0.134. The van der Waals surface area contributed by atoms with E-state index in [9.17, 15) is 39.0 Å². The summed E-state index contributed by atoms with van der Waals surface area (Å²) in [6, 6.07) is -1.14. The van der Waals surface area contributed by atoms with Crippen LogP contribution in [0.1, 0.15) is 119 Å². The standard InChI is InChI=1S/C56H85N3O14.CH4O/c1-34-13-10-9-11-14-35(2)29-37(4)49(61)51(69-8)50(62)38(5)30-36(3)44(60)33-46-43(31-40-18-21-45(47(32-40)68-7)72-55(66)57-22-24-58-25-27-70-28-26-58)42-15-12-23-59(48(42)54(65)71-46)53(64)52(63)56(67)39(6)17-20-41(73-56)19-16-34;1-2/h9-11,13-14,30,35-37,39-43,45-48,50-51,62,67H,12,15-29,31-33H2,1-8H3,(H,57,66);2H,1H3/b10-9+,14-11+,34-13+,38-30+;/t35-,36-,37?,39?,40?,41-,42-,43?,45-,46+,47?,48?,50?,51+,56?;/m1./s1. The smallest absolute Gasteiger partial charge is 0.407 e. The van der Waals surface area contributed by atoms with Crippen LogP contribution in [0.15, 0.2) is 47.6 Å². The van der Waals surface area contributed by atoms with E-state index in [1.54, 1.807) is 34.0 Å². The summed E-state index contributed by atoms with van der Waals surface area (Å²) in [5.41, 5.74) is 1.44. The highest BCUT2D eigenvalue weighted by molar-refractivity contribution is 6.39. The molecule has 75 heavy (non-hydrogen) atoms. The van der Waals surface area contributed by atoms with Gasteiger partial charge in [0.25, 0.3) is 11.7 Å². The number of rotatable bonds is 8. The van der Waals surface area contributed by atoms with E-state index < -0.39 is 102 Å². The van der Waals surface area contributed by atoms with Crippen molar-refractivity contribution in [2.75, 3.05) is 67.3 Å². The van der Waals surface area contributed by atoms with Crippen molar-refractivity contribution in [3.8, 4) is 0 Å². The van der Waals surface area contributed by atoms with E-state index >= 15 is 0 Å². The molecule has 18 nitrogen and oxygen atoms in total. The number of fused-ring (bicyclic) bond motifs is 4. The summed E-state index contributed by atoms with van der Waals surface area (Å²) in [5, 5.41) is 33.4. The molecular weight excluding hydrogens is 967 g/mol. The molecule has 5 aliphatic heterocycles. The number of amides is 2. The highest BCUT2D eigenvalue weighted by Gasteiger charge is 2.57. The SMILES string of the molecule is CO.COC1CC(CC2[C@H]3CCCN4C(=O)C(=O)C5(O)O[C@H](CC/C(C)=C/C=C/C=C/[C@@H](C)CC(C)C(=O)[C@H](OC)C(O)/C(C)=C/[C@@H](C)C(=O)C[C@@H]2OC(=O)C34)CCC5C)CC[C@H]1OC(=O)NCCN1CCOCC1. The second-order valence-corrected chi connectivity index (χ2v) is 22.0. The molecule has 1 aliphatic carbocycles. The molecule has 0 aromatic heterocycles. The molecule has 15 atom stereocenters. The lowest BCUT2D eigenvalue weighted by molar-refractivity contribution is -0.263. The highest BCUT2D eigenvalue weighted by atomic mass is 16.6. The average molecular weight is 1060 g/mol. The normalized spacial score (nSPS) is 38.7. The topological polar surface area (TPSA) is 237 Å². The number of alkyl carbamates (subject to hydrolysis) is 1. The van der Waals surface area contributed by atoms with Crippen molar-refractivity contribution in [1.29, 1.82) is 0 Å². The van der Waals surface area contributed by atoms with Crippen LogP contribution in [-0.2, 0) is 52.4 Å². The van der Waals surface area contributed by atoms with Crippen molar-refractivity contribution in [1.82, 2.24) is 15.1 Å². The number of ketones is 3. The third-order valence-corrected chi connectivity index (χ3v) is 16.6. The number of methoxy groups -OCH3 is 2. The van der Waals surface area contributed by atoms with Crippen molar-refractivity contribution in [3.63, 3.8) is 0 Å². The molecule has 5 fully saturated rings. The minimum Gasteiger partial charge on any atom is -0.460 e. The predicted octanol–water partition coefficient (Wildman–Crippen LogP) is 5.45. The Labute approximate surface area is 444 Å². The molecule has 4 bridgehead atoms. The van der Waals surface area contributed by atoms with Crippen LogP contribution in [0.2, 0.25) is 0 Å². The molecule has 6 rings (SSSR count). The van der Waals surface area contributed by atoms with Crippen LogP contribution < -0.4 is 5.32 Å². The van der Waals surface area contributed by atoms with Gasteiger partial charge in [0, 0.05) is 84.1 Å². The van der Waals surface area contributed by atoms with E-state index in [-0.39, 0.29) is 36.4 Å². The number of ether oxygens (including phenoxy) is 6. The summed E-state index contributed by atoms with van der Waals surface area (Å²) >= 11 is 0. The lowest BCUT2D eigenvalue weighted by Gasteiger charge is -2.50. The third-order valence-electron chi connectivity index (χ3n) is 16.6. The number of aliphatic hydroxyl groups excluding tert-OH is 2. The van der Waals surface area contributed by atoms with Gasteiger partial charge in [-0.3, -0.25) is 24.1 Å². The molecule has 6 aliphatic rings. The molecule has 0 spiro atoms. The molecule has 8 unspecified atom stereocenters. The molecule has 18 heteroatoms. The number of hydrogen-bond acceptors (Lipinski definition) is 16. The zero-order valence-electron chi connectivity index (χ0n) is 46.1. The first-order chi connectivity index (χ1) is 35.8. The van der Waals surface area contributed by atoms with Crippen molar-refractivity contribution >= 4 is 35.3 Å². The number of hydrogen-bond donors (Lipinski definition) is 4. The van der Waals surface area contributed by atoms with Gasteiger partial charge >= 0.3 is 12.1 Å². The zero-order valence-corrected chi connectivity index (χ0v) is 46.1. The number of morpholine rings is 1. The van der Waals surface area contributed by atoms with Gasteiger partial charge in [0.05, 0.1) is 25.4 Å². The Balaban J connectivity index is 0.00000514. The fourth-order valence-electron chi connectivity index (χ4n) is 12.1. The number of aliphatic hydroxyl groups is 3. The average Bonchev–Trinajstić information content (AvgIpc) is 3.40. The first-order valence-electron chi connectivity index (χ1n) is 27.5. The van der Waals surface area contributed by atoms with Gasteiger partial charge in [-0.1, -0.05) is 69.7 Å². The van der Waals surface area contributed by atoms with E-state index in [1.807, 2.05) is 51.2 Å². The van der Waals surface area contributed by atoms with Crippen LogP contribution in [0.25, 0.3) is 0 Å². The molecule has 0 radical (unpaired) electrons. The van der Waals surface area contributed by atoms with Crippen molar-refractivity contribution in [2.45, 2.75) is 167 Å². The molecule has 2 amide bonds. The summed E-state index contributed by atoms with van der Waals surface area (Å²) in [4.78, 5) is 87.9. The van der Waals surface area contributed by atoms with Gasteiger partial charge in [-0.15, -0.1) is 0 Å². The maximum Gasteiger partial charge on any atom is 0.407 e. The zero-order chi connectivity index (χ0) is 55.0. The summed E-state index contributed by atoms with van der Waals surface area (Å²) in [7, 11) is 3.97. The van der Waals surface area contributed by atoms with Crippen LogP contribution in [0, 0.1) is 41.4 Å². The van der Waals surface area contributed by atoms with Crippen LogP contribution >= 0.6 is 0 Å². The maximum absolute atomic E-state index is 14.5. The molecule has 5 heterocycles. The Hall–Kier alpha value is -4.14. The monoisotopic (exact) mass is 1060 g/mol. The van der Waals surface area contributed by atoms with Gasteiger partial charge in [-0.25, -0.2) is 9.59 Å². The maximum atomic E-state index is 14.5.